The number of para-hydroxylation sites is 2. The minimum Gasteiger partial charge on any atom is -0.490 e. The molecule has 0 aliphatic carbocycles. The van der Waals surface area contributed by atoms with E-state index in [2.05, 4.69) is 15.3 Å². The number of hydrazone groups is 1. The van der Waals surface area contributed by atoms with Gasteiger partial charge in [0.05, 0.1) is 17.7 Å². The van der Waals surface area contributed by atoms with Crippen LogP contribution in [0.4, 0.5) is 20.2 Å². The van der Waals surface area contributed by atoms with Crippen LogP contribution in [0.5, 0.6) is 11.5 Å². The lowest BCUT2D eigenvalue weighted by Crippen LogP contribution is -2.05. The van der Waals surface area contributed by atoms with Crippen LogP contribution in [0.2, 0.25) is 0 Å². The summed E-state index contributed by atoms with van der Waals surface area (Å²) in [4.78, 5) is 10.4. The molecular formula is C16H15F2N3O4. The van der Waals surface area contributed by atoms with Crippen LogP contribution in [-0.2, 0) is 0 Å². The number of nitrogens with one attached hydrogen (secondary N) is 1. The van der Waals surface area contributed by atoms with Crippen molar-refractivity contribution in [2.45, 2.75) is 13.5 Å². The van der Waals surface area contributed by atoms with Gasteiger partial charge in [0.1, 0.15) is 5.69 Å². The van der Waals surface area contributed by atoms with Crippen LogP contribution < -0.4 is 14.9 Å². The van der Waals surface area contributed by atoms with E-state index >= 15 is 0 Å². The quantitative estimate of drug-likeness (QED) is 0.441. The minimum atomic E-state index is -2.96. The molecule has 0 aliphatic rings. The van der Waals surface area contributed by atoms with Gasteiger partial charge in [-0.2, -0.15) is 13.9 Å². The van der Waals surface area contributed by atoms with Gasteiger partial charge in [-0.25, -0.2) is 0 Å². The van der Waals surface area contributed by atoms with Gasteiger partial charge in [-0.15, -0.1) is 0 Å². The Morgan fingerprint density at radius 3 is 2.72 bits per heavy atom. The first-order chi connectivity index (χ1) is 12.0. The van der Waals surface area contributed by atoms with Crippen molar-refractivity contribution in [2.75, 3.05) is 12.0 Å². The van der Waals surface area contributed by atoms with Crippen LogP contribution in [0.15, 0.2) is 47.6 Å². The van der Waals surface area contributed by atoms with E-state index in [1.807, 2.05) is 0 Å². The van der Waals surface area contributed by atoms with Crippen LogP contribution >= 0.6 is 0 Å². The highest BCUT2D eigenvalue weighted by atomic mass is 19.3. The number of benzene rings is 2. The van der Waals surface area contributed by atoms with Gasteiger partial charge in [-0.05, 0) is 36.8 Å². The second-order valence-corrected chi connectivity index (χ2v) is 4.66. The first-order valence-corrected chi connectivity index (χ1v) is 7.25. The number of hydrogen-bond donors (Lipinski definition) is 1. The first kappa shape index (κ1) is 18.1. The fourth-order valence-corrected chi connectivity index (χ4v) is 1.97. The van der Waals surface area contributed by atoms with E-state index < -0.39 is 11.5 Å². The van der Waals surface area contributed by atoms with E-state index in [1.54, 1.807) is 19.1 Å². The summed E-state index contributed by atoms with van der Waals surface area (Å²) in [6, 6.07) is 10.4. The zero-order valence-corrected chi connectivity index (χ0v) is 13.2. The molecule has 25 heavy (non-hydrogen) atoms. The van der Waals surface area contributed by atoms with Crippen molar-refractivity contribution in [1.29, 1.82) is 0 Å². The van der Waals surface area contributed by atoms with Gasteiger partial charge in [-0.1, -0.05) is 12.1 Å². The minimum absolute atomic E-state index is 0.0827. The molecular weight excluding hydrogens is 336 g/mol. The molecule has 2 aromatic rings. The second kappa shape index (κ2) is 8.57. The highest BCUT2D eigenvalue weighted by Gasteiger charge is 2.12. The number of anilines is 1. The van der Waals surface area contributed by atoms with E-state index in [4.69, 9.17) is 4.74 Å². The lowest BCUT2D eigenvalue weighted by atomic mass is 10.2. The van der Waals surface area contributed by atoms with Gasteiger partial charge in [0, 0.05) is 6.07 Å². The Hall–Kier alpha value is -3.23. The molecule has 1 N–H and O–H groups in total. The molecule has 2 aromatic carbocycles. The van der Waals surface area contributed by atoms with Crippen molar-refractivity contribution in [2.24, 2.45) is 5.10 Å². The summed E-state index contributed by atoms with van der Waals surface area (Å²) in [5.74, 6) is 0.0677. The summed E-state index contributed by atoms with van der Waals surface area (Å²) in [6.45, 7) is -0.975. The molecule has 0 heterocycles. The number of ether oxygens (including phenoxy) is 2. The molecule has 132 valence electrons. The monoisotopic (exact) mass is 351 g/mol. The molecule has 9 heteroatoms. The molecule has 0 unspecified atom stereocenters. The Balaban J connectivity index is 2.16. The summed E-state index contributed by atoms with van der Waals surface area (Å²) in [5, 5.41) is 14.8. The second-order valence-electron chi connectivity index (χ2n) is 4.66. The summed E-state index contributed by atoms with van der Waals surface area (Å²) >= 11 is 0. The summed E-state index contributed by atoms with van der Waals surface area (Å²) in [7, 11) is 0. The number of nitro benzene ring substituents is 1. The molecule has 2 rings (SSSR count). The van der Waals surface area contributed by atoms with E-state index in [9.17, 15) is 18.9 Å². The van der Waals surface area contributed by atoms with Gasteiger partial charge >= 0.3 is 6.61 Å². The average Bonchev–Trinajstić information content (AvgIpc) is 2.57. The molecule has 0 atom stereocenters. The van der Waals surface area contributed by atoms with Crippen LogP contribution in [0.3, 0.4) is 0 Å². The number of halogens is 2. The number of hydrogen-bond acceptors (Lipinski definition) is 6. The van der Waals surface area contributed by atoms with Gasteiger partial charge in [0.2, 0.25) is 0 Å². The normalized spacial score (nSPS) is 10.9. The smallest absolute Gasteiger partial charge is 0.387 e. The Bertz CT molecular complexity index is 769. The van der Waals surface area contributed by atoms with Gasteiger partial charge in [0.15, 0.2) is 11.5 Å². The Labute approximate surface area is 142 Å². The van der Waals surface area contributed by atoms with Crippen molar-refractivity contribution in [3.05, 3.63) is 58.1 Å². The lowest BCUT2D eigenvalue weighted by Gasteiger charge is -2.11. The van der Waals surface area contributed by atoms with Gasteiger partial charge in [-0.3, -0.25) is 15.5 Å². The summed E-state index contributed by atoms with van der Waals surface area (Å²) in [5.41, 5.74) is 3.23. The highest BCUT2D eigenvalue weighted by molar-refractivity contribution is 5.81. The largest absolute Gasteiger partial charge is 0.490 e. The number of nitro groups is 1. The van der Waals surface area contributed by atoms with E-state index in [0.29, 0.717) is 5.56 Å². The molecule has 0 fully saturated rings. The molecule has 0 aromatic heterocycles. The number of alkyl halides is 2. The van der Waals surface area contributed by atoms with E-state index in [0.717, 1.165) is 0 Å². The SMILES string of the molecule is CCOc1cc(/C=N\Nc2ccccc2[N+](=O)[O-])ccc1OC(F)F. The van der Waals surface area contributed by atoms with Crippen molar-refractivity contribution >= 4 is 17.6 Å². The number of nitrogens with zero attached hydrogens (tertiary/aromatic N) is 2. The maximum absolute atomic E-state index is 12.4. The van der Waals surface area contributed by atoms with Crippen molar-refractivity contribution in [3.63, 3.8) is 0 Å². The third kappa shape index (κ3) is 5.13. The molecule has 0 spiro atoms. The molecule has 0 radical (unpaired) electrons. The van der Waals surface area contributed by atoms with Gasteiger partial charge in [0.25, 0.3) is 5.69 Å². The zero-order chi connectivity index (χ0) is 18.2. The topological polar surface area (TPSA) is 86.0 Å². The maximum Gasteiger partial charge on any atom is 0.387 e. The Morgan fingerprint density at radius 1 is 1.28 bits per heavy atom. The molecule has 0 bridgehead atoms. The van der Waals surface area contributed by atoms with Crippen LogP contribution in [0, 0.1) is 10.1 Å². The van der Waals surface area contributed by atoms with Crippen LogP contribution in [-0.4, -0.2) is 24.4 Å². The third-order valence-corrected chi connectivity index (χ3v) is 2.98. The van der Waals surface area contributed by atoms with Crippen molar-refractivity contribution in [1.82, 2.24) is 0 Å². The fraction of sp³-hybridized carbons (Fsp3) is 0.188. The highest BCUT2D eigenvalue weighted by Crippen LogP contribution is 2.29. The predicted molar refractivity (Wildman–Crippen MR) is 88.6 cm³/mol. The van der Waals surface area contributed by atoms with E-state index in [-0.39, 0.29) is 29.5 Å². The predicted octanol–water partition coefficient (Wildman–Crippen LogP) is 4.04. The first-order valence-electron chi connectivity index (χ1n) is 7.25. The Morgan fingerprint density at radius 2 is 2.04 bits per heavy atom. The Kier molecular flexibility index (Phi) is 6.21. The lowest BCUT2D eigenvalue weighted by molar-refractivity contribution is -0.384. The molecule has 0 saturated heterocycles. The van der Waals surface area contributed by atoms with Crippen molar-refractivity contribution in [3.8, 4) is 11.5 Å². The molecule has 0 amide bonds. The standard InChI is InChI=1S/C16H15F2N3O4/c1-2-24-15-9-11(7-8-14(15)25-16(17)18)10-19-20-12-5-3-4-6-13(12)21(22)23/h3-10,16,20H,2H2,1H3/b19-10-. The summed E-state index contributed by atoms with van der Waals surface area (Å²) in [6.07, 6.45) is 1.38. The van der Waals surface area contributed by atoms with E-state index in [1.165, 1.54) is 36.5 Å². The number of rotatable bonds is 8. The molecule has 0 aliphatic heterocycles. The van der Waals surface area contributed by atoms with Crippen LogP contribution in [0.25, 0.3) is 0 Å². The van der Waals surface area contributed by atoms with Crippen LogP contribution in [0.1, 0.15) is 12.5 Å². The molecule has 0 saturated carbocycles. The third-order valence-electron chi connectivity index (χ3n) is 2.98. The zero-order valence-electron chi connectivity index (χ0n) is 13.2. The molecule has 7 nitrogen and oxygen atoms in total. The summed E-state index contributed by atoms with van der Waals surface area (Å²) < 4.78 is 34.4. The average molecular weight is 351 g/mol. The fourth-order valence-electron chi connectivity index (χ4n) is 1.97. The maximum atomic E-state index is 12.4. The van der Waals surface area contributed by atoms with Crippen molar-refractivity contribution < 1.29 is 23.2 Å². The van der Waals surface area contributed by atoms with Gasteiger partial charge < -0.3 is 9.47 Å².